The smallest absolute Gasteiger partial charge is 0.430 e. The molecule has 1 aliphatic heterocycles. The number of rotatable bonds is 2. The third kappa shape index (κ3) is 4.89. The Balaban J connectivity index is 0.000000179. The second-order valence-corrected chi connectivity index (χ2v) is 7.70. The third-order valence-electron chi connectivity index (χ3n) is 5.36. The summed E-state index contributed by atoms with van der Waals surface area (Å²) in [6, 6.07) is 20.4. The van der Waals surface area contributed by atoms with Gasteiger partial charge in [0.05, 0.1) is 5.57 Å². The van der Waals surface area contributed by atoms with Gasteiger partial charge in [0.15, 0.2) is 0 Å². The van der Waals surface area contributed by atoms with Crippen LogP contribution in [0.2, 0.25) is 0 Å². The number of aromatic carboxylic acids is 1. The Kier molecular flexibility index (Phi) is 6.09. The van der Waals surface area contributed by atoms with Gasteiger partial charge in [0.25, 0.3) is 0 Å². The van der Waals surface area contributed by atoms with E-state index in [0.717, 1.165) is 27.6 Å². The molecule has 0 saturated heterocycles. The molecule has 0 radical (unpaired) electrons. The highest BCUT2D eigenvalue weighted by atomic mass is 19.4. The van der Waals surface area contributed by atoms with Gasteiger partial charge in [-0.25, -0.2) is 9.59 Å². The van der Waals surface area contributed by atoms with E-state index in [4.69, 9.17) is 14.9 Å². The van der Waals surface area contributed by atoms with Gasteiger partial charge in [-0.1, -0.05) is 48.5 Å². The highest BCUT2D eigenvalue weighted by Crippen LogP contribution is 2.39. The number of halogens is 3. The number of carbonyl (C=O) groups is 2. The van der Waals surface area contributed by atoms with Crippen molar-refractivity contribution < 1.29 is 42.8 Å². The first-order chi connectivity index (χ1) is 16.5. The standard InChI is InChI=1S/C15H9F3O3.C11H8O3/c16-15(17,18)13-11(14(19)20)6-10-5-8-3-1-2-4-9(8)7-12(10)21-13;12-10-6-8-4-2-1-3-7(8)5-9(10)11(13)14/h1-7,13H,(H,19,20);1-6,12H,(H,13,14). The molecule has 1 aliphatic rings. The topological polar surface area (TPSA) is 104 Å². The summed E-state index contributed by atoms with van der Waals surface area (Å²) in [7, 11) is 0. The minimum Gasteiger partial charge on any atom is -0.507 e. The quantitative estimate of drug-likeness (QED) is 0.330. The summed E-state index contributed by atoms with van der Waals surface area (Å²) >= 11 is 0. The van der Waals surface area contributed by atoms with Crippen molar-refractivity contribution in [2.75, 3.05) is 0 Å². The van der Waals surface area contributed by atoms with Crippen molar-refractivity contribution >= 4 is 39.6 Å². The molecule has 4 aromatic rings. The lowest BCUT2D eigenvalue weighted by molar-refractivity contribution is -0.187. The van der Waals surface area contributed by atoms with Crippen LogP contribution in [-0.4, -0.2) is 39.5 Å². The van der Waals surface area contributed by atoms with Crippen molar-refractivity contribution in [1.29, 1.82) is 0 Å². The lowest BCUT2D eigenvalue weighted by Crippen LogP contribution is -2.40. The van der Waals surface area contributed by atoms with Gasteiger partial charge >= 0.3 is 18.1 Å². The summed E-state index contributed by atoms with van der Waals surface area (Å²) in [6.07, 6.45) is -6.22. The monoisotopic (exact) mass is 482 g/mol. The van der Waals surface area contributed by atoms with E-state index in [2.05, 4.69) is 0 Å². The van der Waals surface area contributed by atoms with Crippen LogP contribution in [0.1, 0.15) is 15.9 Å². The van der Waals surface area contributed by atoms with E-state index in [-0.39, 0.29) is 17.1 Å². The van der Waals surface area contributed by atoms with Gasteiger partial charge in [-0.2, -0.15) is 13.2 Å². The number of hydrogen-bond donors (Lipinski definition) is 3. The van der Waals surface area contributed by atoms with Crippen LogP contribution in [0.5, 0.6) is 11.5 Å². The minimum atomic E-state index is -4.78. The average molecular weight is 482 g/mol. The van der Waals surface area contributed by atoms with Crippen LogP contribution in [0.25, 0.3) is 27.6 Å². The number of fused-ring (bicyclic) bond motifs is 3. The van der Waals surface area contributed by atoms with E-state index in [1.165, 1.54) is 18.2 Å². The fraction of sp³-hybridized carbons (Fsp3) is 0.0769. The van der Waals surface area contributed by atoms with Crippen molar-refractivity contribution in [3.05, 3.63) is 89.5 Å². The number of carboxylic acid groups (broad SMARTS) is 2. The van der Waals surface area contributed by atoms with Gasteiger partial charge in [0, 0.05) is 5.56 Å². The van der Waals surface area contributed by atoms with Crippen LogP contribution in [0.15, 0.2) is 78.4 Å². The first-order valence-electron chi connectivity index (χ1n) is 10.2. The zero-order chi connectivity index (χ0) is 25.3. The van der Waals surface area contributed by atoms with Crippen LogP contribution < -0.4 is 4.74 Å². The van der Waals surface area contributed by atoms with Gasteiger partial charge in [-0.3, -0.25) is 0 Å². The summed E-state index contributed by atoms with van der Waals surface area (Å²) in [4.78, 5) is 21.7. The molecule has 0 amide bonds. The predicted molar refractivity (Wildman–Crippen MR) is 123 cm³/mol. The number of aliphatic carboxylic acids is 1. The molecule has 9 heteroatoms. The molecule has 178 valence electrons. The van der Waals surface area contributed by atoms with Crippen molar-refractivity contribution in [2.24, 2.45) is 0 Å². The molecule has 5 rings (SSSR count). The second-order valence-electron chi connectivity index (χ2n) is 7.70. The summed E-state index contributed by atoms with van der Waals surface area (Å²) in [5.74, 6) is -2.93. The molecule has 0 saturated carbocycles. The number of hydrogen-bond acceptors (Lipinski definition) is 4. The molecule has 1 heterocycles. The molecule has 35 heavy (non-hydrogen) atoms. The van der Waals surface area contributed by atoms with E-state index < -0.39 is 29.8 Å². The van der Waals surface area contributed by atoms with E-state index >= 15 is 0 Å². The number of phenols is 1. The van der Waals surface area contributed by atoms with Gasteiger partial charge in [-0.05, 0) is 51.9 Å². The van der Waals surface area contributed by atoms with Crippen LogP contribution in [0.4, 0.5) is 13.2 Å². The van der Waals surface area contributed by atoms with E-state index in [1.54, 1.807) is 36.4 Å². The van der Waals surface area contributed by atoms with Gasteiger partial charge in [0.2, 0.25) is 6.10 Å². The van der Waals surface area contributed by atoms with E-state index in [9.17, 15) is 27.9 Å². The Morgan fingerprint density at radius 1 is 0.771 bits per heavy atom. The maximum Gasteiger partial charge on any atom is 0.430 e. The van der Waals surface area contributed by atoms with Crippen molar-refractivity contribution in [3.8, 4) is 11.5 Å². The Morgan fingerprint density at radius 3 is 1.80 bits per heavy atom. The SMILES string of the molecule is O=C(O)C1=Cc2cc3ccccc3cc2OC1C(F)(F)F.O=C(O)c1cc2ccccc2cc1O. The zero-order valence-corrected chi connectivity index (χ0v) is 17.8. The van der Waals surface area contributed by atoms with Crippen molar-refractivity contribution in [1.82, 2.24) is 0 Å². The molecule has 6 nitrogen and oxygen atoms in total. The lowest BCUT2D eigenvalue weighted by Gasteiger charge is -2.27. The first-order valence-corrected chi connectivity index (χ1v) is 10.2. The minimum absolute atomic E-state index is 0.0287. The highest BCUT2D eigenvalue weighted by molar-refractivity contribution is 5.98. The molecule has 4 aromatic carbocycles. The second kappa shape index (κ2) is 9.02. The fourth-order valence-electron chi connectivity index (χ4n) is 3.70. The summed E-state index contributed by atoms with van der Waals surface area (Å²) in [6.45, 7) is 0. The van der Waals surface area contributed by atoms with E-state index in [0.29, 0.717) is 5.56 Å². The number of ether oxygens (including phenoxy) is 1. The Bertz CT molecular complexity index is 1490. The Hall–Kier alpha value is -4.53. The van der Waals surface area contributed by atoms with Gasteiger partial charge in [-0.15, -0.1) is 0 Å². The zero-order valence-electron chi connectivity index (χ0n) is 17.8. The van der Waals surface area contributed by atoms with Crippen LogP contribution in [-0.2, 0) is 4.79 Å². The third-order valence-corrected chi connectivity index (χ3v) is 5.36. The first kappa shape index (κ1) is 23.6. The molecule has 0 aromatic heterocycles. The largest absolute Gasteiger partial charge is 0.507 e. The molecule has 1 unspecified atom stereocenters. The molecule has 1 atom stereocenters. The van der Waals surface area contributed by atoms with Crippen molar-refractivity contribution in [3.63, 3.8) is 0 Å². The maximum atomic E-state index is 12.9. The molecular formula is C26H17F3O6. The molecule has 0 aliphatic carbocycles. The number of alkyl halides is 3. The highest BCUT2D eigenvalue weighted by Gasteiger charge is 2.48. The maximum absolute atomic E-state index is 12.9. The summed E-state index contributed by atoms with van der Waals surface area (Å²) in [5.41, 5.74) is -0.555. The molecule has 0 fully saturated rings. The van der Waals surface area contributed by atoms with Gasteiger partial charge < -0.3 is 20.1 Å². The van der Waals surface area contributed by atoms with Crippen LogP contribution in [0, 0.1) is 0 Å². The number of carboxylic acids is 2. The fourth-order valence-corrected chi connectivity index (χ4v) is 3.70. The molecule has 0 bridgehead atoms. The Morgan fingerprint density at radius 2 is 1.29 bits per heavy atom. The average Bonchev–Trinajstić information content (AvgIpc) is 2.81. The van der Waals surface area contributed by atoms with Gasteiger partial charge in [0.1, 0.15) is 17.1 Å². The Labute approximate surface area is 196 Å². The number of aromatic hydroxyl groups is 1. The van der Waals surface area contributed by atoms with E-state index in [1.807, 2.05) is 18.2 Å². The van der Waals surface area contributed by atoms with Crippen molar-refractivity contribution in [2.45, 2.75) is 12.3 Å². The number of benzene rings is 4. The predicted octanol–water partition coefficient (Wildman–Crippen LogP) is 5.87. The summed E-state index contributed by atoms with van der Waals surface area (Å²) in [5, 5.41) is 30.3. The van der Waals surface area contributed by atoms with Crippen LogP contribution >= 0.6 is 0 Å². The molecular weight excluding hydrogens is 465 g/mol. The molecule has 3 N–H and O–H groups in total. The normalized spacial score (nSPS) is 14.8. The summed E-state index contributed by atoms with van der Waals surface area (Å²) < 4.78 is 43.7. The lowest BCUT2D eigenvalue weighted by atomic mass is 9.98. The van der Waals surface area contributed by atoms with Crippen LogP contribution in [0.3, 0.4) is 0 Å². The molecule has 0 spiro atoms.